The molecule has 2 aromatic carbocycles. The topological polar surface area (TPSA) is 33.5 Å². The molecule has 0 radical (unpaired) electrons. The SMILES string of the molecule is CN1CCN(CCn2c(-c3ccc4cccc(Cl)c4n3)cc3cc(OC(F)(F)F)ccc32)CC1. The van der Waals surface area contributed by atoms with Crippen LogP contribution in [0.2, 0.25) is 5.02 Å². The van der Waals surface area contributed by atoms with Crippen LogP contribution in [-0.2, 0) is 6.54 Å². The van der Waals surface area contributed by atoms with E-state index in [1.54, 1.807) is 12.1 Å². The molecule has 1 aliphatic heterocycles. The van der Waals surface area contributed by atoms with Crippen molar-refractivity contribution in [2.75, 3.05) is 39.8 Å². The molecule has 9 heteroatoms. The lowest BCUT2D eigenvalue weighted by atomic mass is 10.1. The van der Waals surface area contributed by atoms with Crippen molar-refractivity contribution in [1.82, 2.24) is 19.4 Å². The minimum Gasteiger partial charge on any atom is -0.406 e. The molecule has 0 N–H and O–H groups in total. The summed E-state index contributed by atoms with van der Waals surface area (Å²) in [5.74, 6) is -0.239. The van der Waals surface area contributed by atoms with Gasteiger partial charge in [-0.1, -0.05) is 29.8 Å². The third-order valence-electron chi connectivity index (χ3n) is 6.28. The first-order valence-electron chi connectivity index (χ1n) is 11.1. The number of piperazine rings is 1. The fraction of sp³-hybridized carbons (Fsp3) is 0.320. The Labute approximate surface area is 200 Å². The molecular formula is C25H24ClF3N4O. The summed E-state index contributed by atoms with van der Waals surface area (Å²) in [6.07, 6.45) is -4.74. The monoisotopic (exact) mass is 488 g/mol. The van der Waals surface area contributed by atoms with E-state index in [2.05, 4.69) is 26.2 Å². The number of halogens is 4. The van der Waals surface area contributed by atoms with Crippen LogP contribution in [0.5, 0.6) is 5.75 Å². The Morgan fingerprint density at radius 3 is 2.50 bits per heavy atom. The average Bonchev–Trinajstić information content (AvgIpc) is 3.15. The molecule has 4 aromatic rings. The molecule has 2 aromatic heterocycles. The summed E-state index contributed by atoms with van der Waals surface area (Å²) in [5, 5.41) is 2.15. The molecule has 3 heterocycles. The number of likely N-dealkylation sites (N-methyl/N-ethyl adjacent to an activating group) is 1. The van der Waals surface area contributed by atoms with E-state index in [0.29, 0.717) is 28.2 Å². The lowest BCUT2D eigenvalue weighted by Crippen LogP contribution is -2.45. The van der Waals surface area contributed by atoms with Gasteiger partial charge in [-0.25, -0.2) is 4.98 Å². The highest BCUT2D eigenvalue weighted by atomic mass is 35.5. The van der Waals surface area contributed by atoms with Crippen molar-refractivity contribution >= 4 is 33.4 Å². The zero-order chi connectivity index (χ0) is 23.9. The van der Waals surface area contributed by atoms with Gasteiger partial charge >= 0.3 is 6.36 Å². The molecule has 1 saturated heterocycles. The molecule has 34 heavy (non-hydrogen) atoms. The highest BCUT2D eigenvalue weighted by Crippen LogP contribution is 2.33. The van der Waals surface area contributed by atoms with E-state index in [1.165, 1.54) is 12.1 Å². The Morgan fingerprint density at radius 1 is 0.941 bits per heavy atom. The van der Waals surface area contributed by atoms with E-state index < -0.39 is 6.36 Å². The number of para-hydroxylation sites is 1. The van der Waals surface area contributed by atoms with Crippen LogP contribution in [0.15, 0.2) is 54.6 Å². The fourth-order valence-electron chi connectivity index (χ4n) is 4.47. The zero-order valence-electron chi connectivity index (χ0n) is 18.6. The maximum absolute atomic E-state index is 12.8. The van der Waals surface area contributed by atoms with Crippen LogP contribution >= 0.6 is 11.6 Å². The highest BCUT2D eigenvalue weighted by molar-refractivity contribution is 6.35. The Kier molecular flexibility index (Phi) is 6.14. The molecule has 5 rings (SSSR count). The third-order valence-corrected chi connectivity index (χ3v) is 6.58. The number of pyridine rings is 1. The summed E-state index contributed by atoms with van der Waals surface area (Å²) in [6.45, 7) is 5.52. The Bertz CT molecular complexity index is 1330. The molecule has 0 atom stereocenters. The summed E-state index contributed by atoms with van der Waals surface area (Å²) in [6, 6.07) is 15.8. The van der Waals surface area contributed by atoms with Crippen LogP contribution in [0.4, 0.5) is 13.2 Å². The smallest absolute Gasteiger partial charge is 0.406 e. The predicted molar refractivity (Wildman–Crippen MR) is 128 cm³/mol. The number of benzene rings is 2. The molecule has 0 unspecified atom stereocenters. The first-order chi connectivity index (χ1) is 16.3. The van der Waals surface area contributed by atoms with Gasteiger partial charge in [0, 0.05) is 55.6 Å². The lowest BCUT2D eigenvalue weighted by molar-refractivity contribution is -0.274. The van der Waals surface area contributed by atoms with Gasteiger partial charge in [0.05, 0.1) is 21.9 Å². The Hall–Kier alpha value is -2.81. The summed E-state index contributed by atoms with van der Waals surface area (Å²) in [7, 11) is 2.12. The molecule has 0 saturated carbocycles. The van der Waals surface area contributed by atoms with E-state index in [4.69, 9.17) is 16.6 Å². The first kappa shape index (κ1) is 23.0. The molecule has 0 amide bonds. The van der Waals surface area contributed by atoms with Crippen LogP contribution < -0.4 is 4.74 Å². The van der Waals surface area contributed by atoms with Gasteiger partial charge in [0.15, 0.2) is 0 Å². The maximum Gasteiger partial charge on any atom is 0.573 e. The van der Waals surface area contributed by atoms with Crippen molar-refractivity contribution in [1.29, 1.82) is 0 Å². The number of fused-ring (bicyclic) bond motifs is 2. The van der Waals surface area contributed by atoms with Gasteiger partial charge in [0.2, 0.25) is 0 Å². The fourth-order valence-corrected chi connectivity index (χ4v) is 4.69. The van der Waals surface area contributed by atoms with E-state index in [9.17, 15) is 13.2 Å². The van der Waals surface area contributed by atoms with E-state index >= 15 is 0 Å². The maximum atomic E-state index is 12.8. The molecule has 178 valence electrons. The number of rotatable bonds is 5. The van der Waals surface area contributed by atoms with Crippen LogP contribution in [0.25, 0.3) is 33.2 Å². The largest absolute Gasteiger partial charge is 0.573 e. The Morgan fingerprint density at radius 2 is 1.74 bits per heavy atom. The van der Waals surface area contributed by atoms with E-state index in [-0.39, 0.29) is 5.75 Å². The standard InChI is InChI=1S/C25H24ClF3N4O/c1-31-9-11-32(12-10-31)13-14-33-22-8-6-19(34-25(27,28)29)15-18(22)16-23(33)21-7-5-17-3-2-4-20(26)24(17)30-21/h2-8,15-16H,9-14H2,1H3. The van der Waals surface area contributed by atoms with Gasteiger partial charge in [-0.05, 0) is 43.4 Å². The Balaban J connectivity index is 1.55. The van der Waals surface area contributed by atoms with Crippen molar-refractivity contribution in [3.8, 4) is 17.1 Å². The number of hydrogen-bond donors (Lipinski definition) is 0. The van der Waals surface area contributed by atoms with Gasteiger partial charge in [-0.3, -0.25) is 4.90 Å². The number of ether oxygens (including phenoxy) is 1. The average molecular weight is 489 g/mol. The minimum absolute atomic E-state index is 0.239. The van der Waals surface area contributed by atoms with Crippen LogP contribution in [0, 0.1) is 0 Å². The number of alkyl halides is 3. The molecule has 0 aliphatic carbocycles. The quantitative estimate of drug-likeness (QED) is 0.363. The molecular weight excluding hydrogens is 465 g/mol. The molecule has 1 aliphatic rings. The van der Waals surface area contributed by atoms with Crippen molar-refractivity contribution in [3.63, 3.8) is 0 Å². The number of hydrogen-bond acceptors (Lipinski definition) is 4. The van der Waals surface area contributed by atoms with Gasteiger partial charge in [-0.15, -0.1) is 13.2 Å². The van der Waals surface area contributed by atoms with Crippen molar-refractivity contribution in [3.05, 3.63) is 59.6 Å². The molecule has 0 bridgehead atoms. The summed E-state index contributed by atoms with van der Waals surface area (Å²) < 4.78 is 44.6. The van der Waals surface area contributed by atoms with Gasteiger partial charge in [-0.2, -0.15) is 0 Å². The molecule has 0 spiro atoms. The van der Waals surface area contributed by atoms with Crippen molar-refractivity contribution in [2.24, 2.45) is 0 Å². The van der Waals surface area contributed by atoms with Gasteiger partial charge < -0.3 is 14.2 Å². The highest BCUT2D eigenvalue weighted by Gasteiger charge is 2.31. The van der Waals surface area contributed by atoms with Crippen LogP contribution in [-0.4, -0.2) is 65.5 Å². The minimum atomic E-state index is -4.74. The third kappa shape index (κ3) is 4.85. The first-order valence-corrected chi connectivity index (χ1v) is 11.5. The van der Waals surface area contributed by atoms with Crippen LogP contribution in [0.1, 0.15) is 0 Å². The van der Waals surface area contributed by atoms with Gasteiger partial charge in [0.1, 0.15) is 5.75 Å². The summed E-state index contributed by atoms with van der Waals surface area (Å²) in [4.78, 5) is 9.51. The zero-order valence-corrected chi connectivity index (χ0v) is 19.4. The van der Waals surface area contributed by atoms with E-state index in [1.807, 2.05) is 30.3 Å². The van der Waals surface area contributed by atoms with Crippen molar-refractivity contribution < 1.29 is 17.9 Å². The number of nitrogens with zero attached hydrogens (tertiary/aromatic N) is 4. The van der Waals surface area contributed by atoms with Gasteiger partial charge in [0.25, 0.3) is 0 Å². The normalized spacial score (nSPS) is 15.9. The van der Waals surface area contributed by atoms with Crippen LogP contribution in [0.3, 0.4) is 0 Å². The van der Waals surface area contributed by atoms with Crippen molar-refractivity contribution in [2.45, 2.75) is 12.9 Å². The summed E-state index contributed by atoms with van der Waals surface area (Å²) in [5.41, 5.74) is 3.07. The predicted octanol–water partition coefficient (Wildman–Crippen LogP) is 5.66. The van der Waals surface area contributed by atoms with E-state index in [0.717, 1.165) is 49.3 Å². The number of aromatic nitrogens is 2. The molecule has 1 fully saturated rings. The summed E-state index contributed by atoms with van der Waals surface area (Å²) >= 11 is 6.39. The second-order valence-corrected chi connectivity index (χ2v) is 9.01. The second-order valence-electron chi connectivity index (χ2n) is 8.60. The lowest BCUT2D eigenvalue weighted by Gasteiger charge is -2.32. The second kappa shape index (κ2) is 9.09. The molecule has 5 nitrogen and oxygen atoms in total.